The van der Waals surface area contributed by atoms with Gasteiger partial charge in [0.2, 0.25) is 15.9 Å². The van der Waals surface area contributed by atoms with E-state index >= 15 is 0 Å². The highest BCUT2D eigenvalue weighted by atomic mass is 32.2. The highest BCUT2D eigenvalue weighted by Crippen LogP contribution is 2.27. The lowest BCUT2D eigenvalue weighted by Gasteiger charge is -2.30. The van der Waals surface area contributed by atoms with Crippen LogP contribution in [0.4, 0.5) is 5.69 Å². The Balaban J connectivity index is 1.42. The summed E-state index contributed by atoms with van der Waals surface area (Å²) in [6.45, 7) is 7.40. The number of aryl methyl sites for hydroxylation is 3. The van der Waals surface area contributed by atoms with E-state index in [-0.39, 0.29) is 16.7 Å². The molecule has 3 aromatic rings. The average Bonchev–Trinajstić information content (AvgIpc) is 3.18. The summed E-state index contributed by atoms with van der Waals surface area (Å²) in [6, 6.07) is 10.9. The van der Waals surface area contributed by atoms with E-state index in [2.05, 4.69) is 22.6 Å². The van der Waals surface area contributed by atoms with Gasteiger partial charge in [0, 0.05) is 31.2 Å². The van der Waals surface area contributed by atoms with Gasteiger partial charge in [-0.05, 0) is 62.9 Å². The number of sulfonamides is 1. The summed E-state index contributed by atoms with van der Waals surface area (Å²) >= 11 is 0. The third kappa shape index (κ3) is 4.40. The minimum Gasteiger partial charge on any atom is -0.326 e. The molecular weight excluding hydrogens is 426 g/mol. The van der Waals surface area contributed by atoms with Gasteiger partial charge in [0.25, 0.3) is 0 Å². The number of fused-ring (bicyclic) bond motifs is 1. The molecule has 0 bridgehead atoms. The number of amides is 1. The summed E-state index contributed by atoms with van der Waals surface area (Å²) in [7, 11) is -3.65. The number of rotatable bonds is 6. The fraction of sp³-hybridized carbons (Fsp3) is 0.435. The lowest BCUT2D eigenvalue weighted by atomic mass is 9.97. The molecule has 1 aliphatic rings. The van der Waals surface area contributed by atoms with Gasteiger partial charge in [-0.2, -0.15) is 4.31 Å². The predicted octanol–water partition coefficient (Wildman–Crippen LogP) is 3.50. The Bertz CT molecular complexity index is 1240. The maximum atomic E-state index is 13.2. The normalized spacial score (nSPS) is 15.8. The van der Waals surface area contributed by atoms with Crippen molar-refractivity contribution < 1.29 is 13.2 Å². The molecule has 0 radical (unpaired) electrons. The van der Waals surface area contributed by atoms with Crippen molar-refractivity contribution in [2.45, 2.75) is 51.5 Å². The molecule has 2 aromatic carbocycles. The van der Waals surface area contributed by atoms with Crippen LogP contribution >= 0.6 is 0 Å². The van der Waals surface area contributed by atoms with Crippen LogP contribution in [0.5, 0.6) is 0 Å². The number of nitrogens with one attached hydrogen (secondary N) is 1. The van der Waals surface area contributed by atoms with Gasteiger partial charge < -0.3 is 5.32 Å². The van der Waals surface area contributed by atoms with Gasteiger partial charge in [-0.3, -0.25) is 4.79 Å². The molecule has 0 spiro atoms. The first-order chi connectivity index (χ1) is 15.3. The van der Waals surface area contributed by atoms with Gasteiger partial charge in [0.05, 0.1) is 10.4 Å². The predicted molar refractivity (Wildman–Crippen MR) is 124 cm³/mol. The van der Waals surface area contributed by atoms with Gasteiger partial charge >= 0.3 is 0 Å². The fourth-order valence-corrected chi connectivity index (χ4v) is 5.68. The summed E-state index contributed by atoms with van der Waals surface area (Å²) in [6.07, 6.45) is 1.90. The Morgan fingerprint density at radius 2 is 1.88 bits per heavy atom. The summed E-state index contributed by atoms with van der Waals surface area (Å²) in [5.41, 5.74) is 4.37. The van der Waals surface area contributed by atoms with E-state index in [4.69, 9.17) is 0 Å². The van der Waals surface area contributed by atoms with Crippen LogP contribution in [0, 0.1) is 19.8 Å². The smallest absolute Gasteiger partial charge is 0.243 e. The topological polar surface area (TPSA) is 97.2 Å². The lowest BCUT2D eigenvalue weighted by Crippen LogP contribution is -2.41. The number of carbonyl (C=O) groups is 1. The van der Waals surface area contributed by atoms with Crippen molar-refractivity contribution in [3.8, 4) is 0 Å². The molecule has 1 aliphatic heterocycles. The first kappa shape index (κ1) is 22.4. The molecule has 4 rings (SSSR count). The molecule has 1 saturated heterocycles. The van der Waals surface area contributed by atoms with Gasteiger partial charge in [-0.15, -0.1) is 5.10 Å². The molecule has 1 amide bonds. The summed E-state index contributed by atoms with van der Waals surface area (Å²) in [5, 5.41) is 11.2. The molecule has 0 atom stereocenters. The van der Waals surface area contributed by atoms with Crippen molar-refractivity contribution >= 4 is 32.7 Å². The Morgan fingerprint density at radius 3 is 2.56 bits per heavy atom. The number of hydrogen-bond donors (Lipinski definition) is 1. The molecule has 170 valence electrons. The maximum absolute atomic E-state index is 13.2. The van der Waals surface area contributed by atoms with Crippen LogP contribution in [0.25, 0.3) is 11.0 Å². The SMILES string of the molecule is CCCn1nnc2cc(S(=O)(=O)N3CCC(C(=O)Nc4ccc(C)cc4C)CC3)ccc21. The van der Waals surface area contributed by atoms with E-state index in [1.165, 1.54) is 4.31 Å². The maximum Gasteiger partial charge on any atom is 0.243 e. The second kappa shape index (κ2) is 8.99. The summed E-state index contributed by atoms with van der Waals surface area (Å²) in [5.74, 6) is -0.262. The largest absolute Gasteiger partial charge is 0.326 e. The molecule has 9 heteroatoms. The van der Waals surface area contributed by atoms with Gasteiger partial charge in [0.15, 0.2) is 0 Å². The minimum absolute atomic E-state index is 0.0528. The second-order valence-corrected chi connectivity index (χ2v) is 10.4. The van der Waals surface area contributed by atoms with Crippen molar-refractivity contribution in [3.05, 3.63) is 47.5 Å². The van der Waals surface area contributed by atoms with E-state index < -0.39 is 10.0 Å². The van der Waals surface area contributed by atoms with Crippen molar-refractivity contribution in [2.75, 3.05) is 18.4 Å². The van der Waals surface area contributed by atoms with Crippen LogP contribution in [-0.4, -0.2) is 46.7 Å². The molecule has 8 nitrogen and oxygen atoms in total. The summed E-state index contributed by atoms with van der Waals surface area (Å²) in [4.78, 5) is 13.0. The number of nitrogens with zero attached hydrogens (tertiary/aromatic N) is 4. The number of aromatic nitrogens is 3. The van der Waals surface area contributed by atoms with Crippen LogP contribution in [0.1, 0.15) is 37.3 Å². The highest BCUT2D eigenvalue weighted by molar-refractivity contribution is 7.89. The van der Waals surface area contributed by atoms with Crippen molar-refractivity contribution in [1.29, 1.82) is 0 Å². The number of benzene rings is 2. The Hall–Kier alpha value is -2.78. The van der Waals surface area contributed by atoms with Crippen LogP contribution in [-0.2, 0) is 21.4 Å². The number of carbonyl (C=O) groups excluding carboxylic acids is 1. The number of anilines is 1. The zero-order valence-electron chi connectivity index (χ0n) is 18.7. The third-order valence-electron chi connectivity index (χ3n) is 6.02. The Kier molecular flexibility index (Phi) is 6.30. The molecule has 2 heterocycles. The number of piperidine rings is 1. The van der Waals surface area contributed by atoms with Crippen molar-refractivity contribution in [2.24, 2.45) is 5.92 Å². The van der Waals surface area contributed by atoms with Gasteiger partial charge in [-0.1, -0.05) is 29.8 Å². The van der Waals surface area contributed by atoms with Crippen molar-refractivity contribution in [1.82, 2.24) is 19.3 Å². The van der Waals surface area contributed by atoms with Gasteiger partial charge in [-0.25, -0.2) is 13.1 Å². The molecule has 0 saturated carbocycles. The van der Waals surface area contributed by atoms with E-state index in [0.717, 1.165) is 35.3 Å². The number of hydrogen-bond acceptors (Lipinski definition) is 5. The first-order valence-corrected chi connectivity index (χ1v) is 12.4. The molecule has 0 aliphatic carbocycles. The molecule has 1 fully saturated rings. The van der Waals surface area contributed by atoms with E-state index in [1.807, 2.05) is 32.0 Å². The Morgan fingerprint density at radius 1 is 1.12 bits per heavy atom. The molecule has 1 N–H and O–H groups in total. The van der Waals surface area contributed by atoms with Crippen LogP contribution in [0.15, 0.2) is 41.3 Å². The van der Waals surface area contributed by atoms with Crippen LogP contribution < -0.4 is 5.32 Å². The summed E-state index contributed by atoms with van der Waals surface area (Å²) < 4.78 is 29.6. The monoisotopic (exact) mass is 455 g/mol. The third-order valence-corrected chi connectivity index (χ3v) is 7.92. The second-order valence-electron chi connectivity index (χ2n) is 8.45. The zero-order chi connectivity index (χ0) is 22.9. The first-order valence-electron chi connectivity index (χ1n) is 11.0. The molecular formula is C23H29N5O3S. The quantitative estimate of drug-likeness (QED) is 0.614. The molecule has 32 heavy (non-hydrogen) atoms. The standard InChI is InChI=1S/C23H29N5O3S/c1-4-11-28-22-8-6-19(15-21(22)25-26-28)32(30,31)27-12-9-18(10-13-27)23(29)24-20-7-5-16(2)14-17(20)3/h5-8,14-15,18H,4,9-13H2,1-3H3,(H,24,29). The zero-order valence-corrected chi connectivity index (χ0v) is 19.5. The molecule has 1 aromatic heterocycles. The Labute approximate surface area is 188 Å². The van der Waals surface area contributed by atoms with Gasteiger partial charge in [0.1, 0.15) is 5.52 Å². The minimum atomic E-state index is -3.65. The lowest BCUT2D eigenvalue weighted by molar-refractivity contribution is -0.120. The fourth-order valence-electron chi connectivity index (χ4n) is 4.19. The van der Waals surface area contributed by atoms with Crippen molar-refractivity contribution in [3.63, 3.8) is 0 Å². The van der Waals surface area contributed by atoms with E-state index in [1.54, 1.807) is 22.9 Å². The average molecular weight is 456 g/mol. The van der Waals surface area contributed by atoms with Crippen LogP contribution in [0.3, 0.4) is 0 Å². The molecule has 0 unspecified atom stereocenters. The highest BCUT2D eigenvalue weighted by Gasteiger charge is 2.32. The van der Waals surface area contributed by atoms with E-state index in [9.17, 15) is 13.2 Å². The van der Waals surface area contributed by atoms with Crippen LogP contribution in [0.2, 0.25) is 0 Å². The van der Waals surface area contributed by atoms with E-state index in [0.29, 0.717) is 31.4 Å².